The molecular weight excluding hydrogens is 326 g/mol. The van der Waals surface area contributed by atoms with Gasteiger partial charge < -0.3 is 10.1 Å². The van der Waals surface area contributed by atoms with Gasteiger partial charge in [0, 0.05) is 17.4 Å². The van der Waals surface area contributed by atoms with Crippen molar-refractivity contribution in [3.05, 3.63) is 63.6 Å². The molecule has 0 saturated heterocycles. The van der Waals surface area contributed by atoms with Crippen molar-refractivity contribution in [2.45, 2.75) is 25.9 Å². The molecule has 0 bridgehead atoms. The molecule has 110 valence electrons. The molecule has 1 aliphatic heterocycles. The molecule has 0 radical (unpaired) electrons. The molecule has 1 heterocycles. The summed E-state index contributed by atoms with van der Waals surface area (Å²) in [5, 5.41) is 3.52. The van der Waals surface area contributed by atoms with Gasteiger partial charge in [-0.1, -0.05) is 40.2 Å². The summed E-state index contributed by atoms with van der Waals surface area (Å²) in [5.41, 5.74) is 4.09. The van der Waals surface area contributed by atoms with Crippen LogP contribution in [0.3, 0.4) is 0 Å². The highest BCUT2D eigenvalue weighted by atomic mass is 79.9. The monoisotopic (exact) mass is 345 g/mol. The Morgan fingerprint density at radius 3 is 2.95 bits per heavy atom. The van der Waals surface area contributed by atoms with E-state index in [1.807, 2.05) is 12.1 Å². The third kappa shape index (κ3) is 3.66. The lowest BCUT2D eigenvalue weighted by molar-refractivity contribution is 0.228. The van der Waals surface area contributed by atoms with Crippen molar-refractivity contribution in [1.82, 2.24) is 5.32 Å². The van der Waals surface area contributed by atoms with Crippen LogP contribution in [0.1, 0.15) is 16.7 Å². The minimum absolute atomic E-state index is 0.256. The number of halogens is 1. The van der Waals surface area contributed by atoms with Gasteiger partial charge >= 0.3 is 0 Å². The van der Waals surface area contributed by atoms with Crippen molar-refractivity contribution in [2.24, 2.45) is 0 Å². The molecule has 2 aromatic rings. The zero-order valence-corrected chi connectivity index (χ0v) is 13.8. The quantitative estimate of drug-likeness (QED) is 0.830. The van der Waals surface area contributed by atoms with Crippen LogP contribution < -0.4 is 10.1 Å². The maximum Gasteiger partial charge on any atom is 0.123 e. The Balaban J connectivity index is 1.44. The van der Waals surface area contributed by atoms with Gasteiger partial charge in [0.1, 0.15) is 11.9 Å². The van der Waals surface area contributed by atoms with E-state index in [0.29, 0.717) is 0 Å². The van der Waals surface area contributed by atoms with E-state index in [2.05, 4.69) is 58.5 Å². The Hall–Kier alpha value is -1.32. The summed E-state index contributed by atoms with van der Waals surface area (Å²) in [6, 6.07) is 14.8. The Morgan fingerprint density at radius 2 is 2.10 bits per heavy atom. The van der Waals surface area contributed by atoms with Crippen molar-refractivity contribution in [2.75, 3.05) is 13.1 Å². The topological polar surface area (TPSA) is 21.3 Å². The molecular formula is C18H20BrNO. The lowest BCUT2D eigenvalue weighted by atomic mass is 10.1. The second kappa shape index (κ2) is 6.63. The molecule has 0 spiro atoms. The summed E-state index contributed by atoms with van der Waals surface area (Å²) >= 11 is 3.51. The van der Waals surface area contributed by atoms with Crippen LogP contribution in [-0.2, 0) is 12.8 Å². The van der Waals surface area contributed by atoms with E-state index in [9.17, 15) is 0 Å². The SMILES string of the molecule is Cc1ccccc1CCNCC1Cc2cc(Br)ccc2O1. The zero-order chi connectivity index (χ0) is 14.7. The van der Waals surface area contributed by atoms with Crippen LogP contribution in [0, 0.1) is 6.92 Å². The second-order valence-corrected chi connectivity index (χ2v) is 6.49. The first-order valence-corrected chi connectivity index (χ1v) is 8.22. The number of hydrogen-bond donors (Lipinski definition) is 1. The van der Waals surface area contributed by atoms with Crippen molar-refractivity contribution < 1.29 is 4.74 Å². The molecule has 0 fully saturated rings. The van der Waals surface area contributed by atoms with Crippen LogP contribution in [0.25, 0.3) is 0 Å². The summed E-state index contributed by atoms with van der Waals surface area (Å²) in [7, 11) is 0. The molecule has 1 unspecified atom stereocenters. The first kappa shape index (κ1) is 14.6. The molecule has 1 N–H and O–H groups in total. The number of aryl methyl sites for hydroxylation is 1. The van der Waals surface area contributed by atoms with Gasteiger partial charge in [-0.3, -0.25) is 0 Å². The summed E-state index contributed by atoms with van der Waals surface area (Å²) in [4.78, 5) is 0. The van der Waals surface area contributed by atoms with Crippen molar-refractivity contribution >= 4 is 15.9 Å². The van der Waals surface area contributed by atoms with E-state index in [1.54, 1.807) is 0 Å². The number of ether oxygens (including phenoxy) is 1. The minimum atomic E-state index is 0.256. The van der Waals surface area contributed by atoms with Gasteiger partial charge in [-0.25, -0.2) is 0 Å². The lowest BCUT2D eigenvalue weighted by Gasteiger charge is -2.12. The molecule has 0 saturated carbocycles. The molecule has 1 aliphatic rings. The van der Waals surface area contributed by atoms with Gasteiger partial charge in [0.15, 0.2) is 0 Å². The first-order chi connectivity index (χ1) is 10.2. The maximum absolute atomic E-state index is 5.95. The van der Waals surface area contributed by atoms with Crippen LogP contribution in [0.5, 0.6) is 5.75 Å². The predicted octanol–water partition coefficient (Wildman–Crippen LogP) is 3.89. The highest BCUT2D eigenvalue weighted by Crippen LogP contribution is 2.30. The van der Waals surface area contributed by atoms with Gasteiger partial charge in [-0.05, 0) is 54.8 Å². The van der Waals surface area contributed by atoms with Crippen LogP contribution >= 0.6 is 15.9 Å². The highest BCUT2D eigenvalue weighted by Gasteiger charge is 2.22. The van der Waals surface area contributed by atoms with Gasteiger partial charge in [0.2, 0.25) is 0 Å². The molecule has 3 rings (SSSR count). The molecule has 0 aromatic heterocycles. The molecule has 2 nitrogen and oxygen atoms in total. The fourth-order valence-electron chi connectivity index (χ4n) is 2.78. The van der Waals surface area contributed by atoms with Gasteiger partial charge in [0.05, 0.1) is 0 Å². The van der Waals surface area contributed by atoms with E-state index in [1.165, 1.54) is 16.7 Å². The largest absolute Gasteiger partial charge is 0.488 e. The third-order valence-electron chi connectivity index (χ3n) is 3.97. The standard InChI is InChI=1S/C18H20BrNO/c1-13-4-2-3-5-14(13)8-9-20-12-17-11-15-10-16(19)6-7-18(15)21-17/h2-7,10,17,20H,8-9,11-12H2,1H3. The van der Waals surface area contributed by atoms with E-state index in [4.69, 9.17) is 4.74 Å². The minimum Gasteiger partial charge on any atom is -0.488 e. The maximum atomic E-state index is 5.95. The zero-order valence-electron chi connectivity index (χ0n) is 12.2. The van der Waals surface area contributed by atoms with Gasteiger partial charge in [0.25, 0.3) is 0 Å². The van der Waals surface area contributed by atoms with Crippen LogP contribution in [-0.4, -0.2) is 19.2 Å². The predicted molar refractivity (Wildman–Crippen MR) is 90.0 cm³/mol. The molecule has 0 amide bonds. The smallest absolute Gasteiger partial charge is 0.123 e. The van der Waals surface area contributed by atoms with Crippen molar-refractivity contribution in [3.63, 3.8) is 0 Å². The molecule has 21 heavy (non-hydrogen) atoms. The Bertz CT molecular complexity index is 626. The van der Waals surface area contributed by atoms with Crippen LogP contribution in [0.2, 0.25) is 0 Å². The van der Waals surface area contributed by atoms with Gasteiger partial charge in [-0.15, -0.1) is 0 Å². The van der Waals surface area contributed by atoms with Crippen molar-refractivity contribution in [3.8, 4) is 5.75 Å². The fraction of sp³-hybridized carbons (Fsp3) is 0.333. The number of nitrogens with one attached hydrogen (secondary N) is 1. The van der Waals surface area contributed by atoms with E-state index < -0.39 is 0 Å². The number of benzene rings is 2. The summed E-state index contributed by atoms with van der Waals surface area (Å²) in [6.07, 6.45) is 2.32. The van der Waals surface area contributed by atoms with Crippen LogP contribution in [0.15, 0.2) is 46.9 Å². The molecule has 2 aromatic carbocycles. The van der Waals surface area contributed by atoms with Crippen LogP contribution in [0.4, 0.5) is 0 Å². The first-order valence-electron chi connectivity index (χ1n) is 7.42. The Kier molecular flexibility index (Phi) is 4.61. The Morgan fingerprint density at radius 1 is 1.24 bits per heavy atom. The molecule has 1 atom stereocenters. The highest BCUT2D eigenvalue weighted by molar-refractivity contribution is 9.10. The van der Waals surface area contributed by atoms with E-state index >= 15 is 0 Å². The average Bonchev–Trinajstić information content (AvgIpc) is 2.87. The molecule has 3 heteroatoms. The Labute approximate surface area is 134 Å². The average molecular weight is 346 g/mol. The normalized spacial score (nSPS) is 16.6. The number of hydrogen-bond acceptors (Lipinski definition) is 2. The lowest BCUT2D eigenvalue weighted by Crippen LogP contribution is -2.31. The summed E-state index contributed by atoms with van der Waals surface area (Å²) in [6.45, 7) is 4.06. The van der Waals surface area contributed by atoms with E-state index in [-0.39, 0.29) is 6.10 Å². The molecule has 0 aliphatic carbocycles. The third-order valence-corrected chi connectivity index (χ3v) is 4.46. The number of rotatable bonds is 5. The fourth-order valence-corrected chi connectivity index (χ4v) is 3.19. The van der Waals surface area contributed by atoms with E-state index in [0.717, 1.165) is 36.2 Å². The van der Waals surface area contributed by atoms with Crippen molar-refractivity contribution in [1.29, 1.82) is 0 Å². The number of fused-ring (bicyclic) bond motifs is 1. The van der Waals surface area contributed by atoms with Gasteiger partial charge in [-0.2, -0.15) is 0 Å². The summed E-state index contributed by atoms with van der Waals surface area (Å²) < 4.78 is 7.08. The summed E-state index contributed by atoms with van der Waals surface area (Å²) in [5.74, 6) is 1.03. The second-order valence-electron chi connectivity index (χ2n) is 5.58.